The molecular weight excluding hydrogens is 206 g/mol. The third-order valence-corrected chi connectivity index (χ3v) is 2.07. The summed E-state index contributed by atoms with van der Waals surface area (Å²) in [5, 5.41) is 0. The Balaban J connectivity index is 2.46. The summed E-state index contributed by atoms with van der Waals surface area (Å²) in [5.41, 5.74) is 6.74. The standard InChI is InChI=1S/C12H17NO3/c1-3-15-12(14)8-16-11-6-4-10(5-7-11)9(2)13/h4-7,9H,3,8,13H2,1-2H3/t9-/m1/s1. The smallest absolute Gasteiger partial charge is 0.344 e. The second-order valence-corrected chi connectivity index (χ2v) is 3.45. The summed E-state index contributed by atoms with van der Waals surface area (Å²) in [5.74, 6) is 0.274. The summed E-state index contributed by atoms with van der Waals surface area (Å²) in [6.07, 6.45) is 0. The van der Waals surface area contributed by atoms with E-state index in [-0.39, 0.29) is 18.6 Å². The Kier molecular flexibility index (Phi) is 4.79. The average molecular weight is 223 g/mol. The van der Waals surface area contributed by atoms with Gasteiger partial charge in [0.1, 0.15) is 5.75 Å². The number of hydrogen-bond donors (Lipinski definition) is 1. The second-order valence-electron chi connectivity index (χ2n) is 3.45. The van der Waals surface area contributed by atoms with Crippen molar-refractivity contribution in [3.63, 3.8) is 0 Å². The molecule has 0 aliphatic rings. The Hall–Kier alpha value is -1.55. The number of carbonyl (C=O) groups excluding carboxylic acids is 1. The van der Waals surface area contributed by atoms with Crippen molar-refractivity contribution in [1.82, 2.24) is 0 Å². The summed E-state index contributed by atoms with van der Waals surface area (Å²) >= 11 is 0. The Labute approximate surface area is 95.3 Å². The van der Waals surface area contributed by atoms with Crippen molar-refractivity contribution >= 4 is 5.97 Å². The van der Waals surface area contributed by atoms with E-state index in [1.165, 1.54) is 0 Å². The first kappa shape index (κ1) is 12.5. The first-order valence-electron chi connectivity index (χ1n) is 5.27. The topological polar surface area (TPSA) is 61.5 Å². The summed E-state index contributed by atoms with van der Waals surface area (Å²) in [6.45, 7) is 3.97. The zero-order valence-corrected chi connectivity index (χ0v) is 9.60. The lowest BCUT2D eigenvalue weighted by molar-refractivity contribution is -0.145. The lowest BCUT2D eigenvalue weighted by atomic mass is 10.1. The largest absolute Gasteiger partial charge is 0.482 e. The van der Waals surface area contributed by atoms with Crippen molar-refractivity contribution in [1.29, 1.82) is 0 Å². The third-order valence-electron chi connectivity index (χ3n) is 2.07. The van der Waals surface area contributed by atoms with Crippen molar-refractivity contribution in [3.05, 3.63) is 29.8 Å². The van der Waals surface area contributed by atoms with Crippen LogP contribution in [0.25, 0.3) is 0 Å². The number of benzene rings is 1. The molecule has 1 rings (SSSR count). The first-order valence-corrected chi connectivity index (χ1v) is 5.27. The summed E-state index contributed by atoms with van der Waals surface area (Å²) < 4.78 is 9.98. The fraction of sp³-hybridized carbons (Fsp3) is 0.417. The van der Waals surface area contributed by atoms with E-state index in [0.29, 0.717) is 12.4 Å². The number of ether oxygens (including phenoxy) is 2. The second kappa shape index (κ2) is 6.12. The molecule has 2 N–H and O–H groups in total. The van der Waals surface area contributed by atoms with Crippen LogP contribution in [-0.2, 0) is 9.53 Å². The van der Waals surface area contributed by atoms with Gasteiger partial charge in [-0.1, -0.05) is 12.1 Å². The van der Waals surface area contributed by atoms with Gasteiger partial charge in [-0.3, -0.25) is 0 Å². The lowest BCUT2D eigenvalue weighted by Gasteiger charge is -2.08. The van der Waals surface area contributed by atoms with Crippen LogP contribution in [0.1, 0.15) is 25.5 Å². The highest BCUT2D eigenvalue weighted by Crippen LogP contribution is 2.15. The molecule has 1 aromatic rings. The van der Waals surface area contributed by atoms with Crippen LogP contribution in [0.4, 0.5) is 0 Å². The maximum absolute atomic E-state index is 11.0. The summed E-state index contributed by atoms with van der Waals surface area (Å²) in [6, 6.07) is 7.34. The zero-order chi connectivity index (χ0) is 12.0. The van der Waals surface area contributed by atoms with Gasteiger partial charge < -0.3 is 15.2 Å². The maximum atomic E-state index is 11.0. The molecule has 1 atom stereocenters. The van der Waals surface area contributed by atoms with Crippen molar-refractivity contribution in [2.45, 2.75) is 19.9 Å². The highest BCUT2D eigenvalue weighted by atomic mass is 16.6. The number of nitrogens with two attached hydrogens (primary N) is 1. The van der Waals surface area contributed by atoms with Gasteiger partial charge in [-0.05, 0) is 31.5 Å². The van der Waals surface area contributed by atoms with Gasteiger partial charge >= 0.3 is 5.97 Å². The maximum Gasteiger partial charge on any atom is 0.344 e. The number of esters is 1. The van der Waals surface area contributed by atoms with Crippen molar-refractivity contribution < 1.29 is 14.3 Å². The highest BCUT2D eigenvalue weighted by molar-refractivity contribution is 5.71. The molecule has 0 fully saturated rings. The minimum Gasteiger partial charge on any atom is -0.482 e. The minimum atomic E-state index is -0.362. The third kappa shape index (κ3) is 3.90. The Morgan fingerprint density at radius 1 is 1.38 bits per heavy atom. The SMILES string of the molecule is CCOC(=O)COc1ccc([C@@H](C)N)cc1. The normalized spacial score (nSPS) is 11.9. The van der Waals surface area contributed by atoms with Gasteiger partial charge in [0.2, 0.25) is 0 Å². The summed E-state index contributed by atoms with van der Waals surface area (Å²) in [7, 11) is 0. The fourth-order valence-electron chi connectivity index (χ4n) is 1.21. The van der Waals surface area contributed by atoms with Crippen molar-refractivity contribution in [2.75, 3.05) is 13.2 Å². The highest BCUT2D eigenvalue weighted by Gasteiger charge is 2.03. The van der Waals surface area contributed by atoms with E-state index >= 15 is 0 Å². The van der Waals surface area contributed by atoms with E-state index in [9.17, 15) is 4.79 Å². The zero-order valence-electron chi connectivity index (χ0n) is 9.60. The van der Waals surface area contributed by atoms with Gasteiger partial charge in [-0.2, -0.15) is 0 Å². The van der Waals surface area contributed by atoms with E-state index in [2.05, 4.69) is 0 Å². The van der Waals surface area contributed by atoms with E-state index in [1.807, 2.05) is 19.1 Å². The van der Waals surface area contributed by atoms with E-state index < -0.39 is 0 Å². The van der Waals surface area contributed by atoms with Crippen LogP contribution in [0.2, 0.25) is 0 Å². The molecule has 0 aliphatic carbocycles. The molecule has 0 bridgehead atoms. The predicted molar refractivity (Wildman–Crippen MR) is 61.2 cm³/mol. The van der Waals surface area contributed by atoms with Crippen LogP contribution in [0.3, 0.4) is 0 Å². The van der Waals surface area contributed by atoms with E-state index in [1.54, 1.807) is 19.1 Å². The molecule has 0 aromatic heterocycles. The van der Waals surface area contributed by atoms with Gasteiger partial charge in [0.05, 0.1) is 6.61 Å². The Morgan fingerprint density at radius 2 is 2.00 bits per heavy atom. The molecule has 88 valence electrons. The van der Waals surface area contributed by atoms with Crippen molar-refractivity contribution in [2.24, 2.45) is 5.73 Å². The Bertz CT molecular complexity index is 333. The average Bonchev–Trinajstić information content (AvgIpc) is 2.27. The molecule has 0 saturated heterocycles. The van der Waals surface area contributed by atoms with Crippen LogP contribution in [0.15, 0.2) is 24.3 Å². The van der Waals surface area contributed by atoms with Crippen LogP contribution >= 0.6 is 0 Å². The van der Waals surface area contributed by atoms with Crippen LogP contribution in [-0.4, -0.2) is 19.2 Å². The van der Waals surface area contributed by atoms with Gasteiger partial charge in [-0.25, -0.2) is 4.79 Å². The number of rotatable bonds is 5. The first-order chi connectivity index (χ1) is 7.63. The Morgan fingerprint density at radius 3 is 2.50 bits per heavy atom. The predicted octanol–water partition coefficient (Wildman–Crippen LogP) is 1.65. The van der Waals surface area contributed by atoms with E-state index in [4.69, 9.17) is 15.2 Å². The van der Waals surface area contributed by atoms with Gasteiger partial charge in [0.25, 0.3) is 0 Å². The monoisotopic (exact) mass is 223 g/mol. The molecule has 16 heavy (non-hydrogen) atoms. The lowest BCUT2D eigenvalue weighted by Crippen LogP contribution is -2.14. The molecule has 0 saturated carbocycles. The van der Waals surface area contributed by atoms with Gasteiger partial charge in [0.15, 0.2) is 6.61 Å². The van der Waals surface area contributed by atoms with Crippen LogP contribution in [0.5, 0.6) is 5.75 Å². The molecule has 1 aromatic carbocycles. The fourth-order valence-corrected chi connectivity index (χ4v) is 1.21. The molecule has 4 heteroatoms. The van der Waals surface area contributed by atoms with E-state index in [0.717, 1.165) is 5.56 Å². The van der Waals surface area contributed by atoms with Gasteiger partial charge in [-0.15, -0.1) is 0 Å². The van der Waals surface area contributed by atoms with Gasteiger partial charge in [0, 0.05) is 6.04 Å². The molecule has 0 radical (unpaired) electrons. The van der Waals surface area contributed by atoms with Crippen molar-refractivity contribution in [3.8, 4) is 5.75 Å². The minimum absolute atomic E-state index is 0.000827. The summed E-state index contributed by atoms with van der Waals surface area (Å²) in [4.78, 5) is 11.0. The molecule has 0 unspecified atom stereocenters. The molecule has 0 amide bonds. The number of carbonyl (C=O) groups is 1. The van der Waals surface area contributed by atoms with Crippen LogP contribution < -0.4 is 10.5 Å². The molecule has 4 nitrogen and oxygen atoms in total. The van der Waals surface area contributed by atoms with Crippen LogP contribution in [0, 0.1) is 0 Å². The number of hydrogen-bond acceptors (Lipinski definition) is 4. The molecule has 0 heterocycles. The molecule has 0 spiro atoms. The quantitative estimate of drug-likeness (QED) is 0.771. The molecular formula is C12H17NO3. The molecule has 0 aliphatic heterocycles.